The van der Waals surface area contributed by atoms with Crippen LogP contribution in [0.1, 0.15) is 54.9 Å². The van der Waals surface area contributed by atoms with Crippen molar-refractivity contribution >= 4 is 12.0 Å². The Morgan fingerprint density at radius 1 is 1.08 bits per heavy atom. The van der Waals surface area contributed by atoms with Crippen molar-refractivity contribution in [3.05, 3.63) is 0 Å². The van der Waals surface area contributed by atoms with Crippen molar-refractivity contribution in [3.8, 4) is 0 Å². The highest BCUT2D eigenvalue weighted by Crippen LogP contribution is 2.18. The molecule has 0 aliphatic heterocycles. The first-order valence-electron chi connectivity index (χ1n) is 8.92. The Morgan fingerprint density at radius 3 is 2.16 bits per heavy atom. The average molecular weight is 360 g/mol. The van der Waals surface area contributed by atoms with Crippen LogP contribution in [-0.4, -0.2) is 61.4 Å². The number of hydrogen-bond acceptors (Lipinski definition) is 5. The zero-order valence-electron chi connectivity index (χ0n) is 17.0. The molecule has 0 aromatic heterocycles. The van der Waals surface area contributed by atoms with Crippen LogP contribution in [0.4, 0.5) is 4.79 Å². The second kappa shape index (κ2) is 10.6. The van der Waals surface area contributed by atoms with E-state index in [2.05, 4.69) is 26.1 Å². The lowest BCUT2D eigenvalue weighted by Crippen LogP contribution is -2.44. The molecular weight excluding hydrogens is 322 g/mol. The molecule has 0 spiro atoms. The third-order valence-electron chi connectivity index (χ3n) is 3.70. The van der Waals surface area contributed by atoms with E-state index >= 15 is 0 Å². The Kier molecular flexibility index (Phi) is 10.0. The molecule has 1 atom stereocenters. The number of nitrogens with one attached hydrogen (secondary N) is 1. The highest BCUT2D eigenvalue weighted by Gasteiger charge is 2.24. The second-order valence-corrected chi connectivity index (χ2v) is 8.27. The van der Waals surface area contributed by atoms with Crippen molar-refractivity contribution in [2.45, 2.75) is 66.5 Å². The zero-order chi connectivity index (χ0) is 19.7. The summed E-state index contributed by atoms with van der Waals surface area (Å²) < 4.78 is 10.7. The lowest BCUT2D eigenvalue weighted by Gasteiger charge is -2.29. The molecule has 7 nitrogen and oxygen atoms in total. The molecule has 0 bridgehead atoms. The Labute approximate surface area is 152 Å². The highest BCUT2D eigenvalue weighted by molar-refractivity contribution is 5.77. The summed E-state index contributed by atoms with van der Waals surface area (Å²) >= 11 is 0. The van der Waals surface area contributed by atoms with Gasteiger partial charge in [-0.05, 0) is 33.1 Å². The molecular formula is C18H37N3O4. The molecule has 0 radical (unpaired) electrons. The van der Waals surface area contributed by atoms with E-state index in [1.807, 2.05) is 27.7 Å². The molecule has 0 aliphatic rings. The van der Waals surface area contributed by atoms with Crippen LogP contribution < -0.4 is 11.1 Å². The maximum atomic E-state index is 12.3. The summed E-state index contributed by atoms with van der Waals surface area (Å²) in [5.41, 5.74) is 4.78. The summed E-state index contributed by atoms with van der Waals surface area (Å²) in [4.78, 5) is 26.0. The van der Waals surface area contributed by atoms with Crippen molar-refractivity contribution in [3.63, 3.8) is 0 Å². The number of hydrogen-bond donors (Lipinski definition) is 2. The molecule has 0 fully saturated rings. The minimum Gasteiger partial charge on any atom is -0.444 e. The molecule has 0 saturated carbocycles. The lowest BCUT2D eigenvalue weighted by molar-refractivity contribution is -0.122. The second-order valence-electron chi connectivity index (χ2n) is 8.27. The van der Waals surface area contributed by atoms with Crippen molar-refractivity contribution in [2.24, 2.45) is 11.1 Å². The van der Waals surface area contributed by atoms with Gasteiger partial charge in [-0.2, -0.15) is 0 Å². The predicted octanol–water partition coefficient (Wildman–Crippen LogP) is 2.14. The number of ether oxygens (including phenoxy) is 2. The van der Waals surface area contributed by atoms with Gasteiger partial charge < -0.3 is 25.4 Å². The summed E-state index contributed by atoms with van der Waals surface area (Å²) in [6, 6.07) is 0.0443. The van der Waals surface area contributed by atoms with Crippen LogP contribution in [0.5, 0.6) is 0 Å². The molecule has 0 aliphatic carbocycles. The Hall–Kier alpha value is -1.34. The van der Waals surface area contributed by atoms with Crippen molar-refractivity contribution in [1.82, 2.24) is 10.2 Å². The van der Waals surface area contributed by atoms with Crippen LogP contribution in [0.3, 0.4) is 0 Å². The molecule has 7 heteroatoms. The number of nitrogens with two attached hydrogens (primary N) is 1. The molecule has 0 heterocycles. The van der Waals surface area contributed by atoms with Crippen LogP contribution in [0.25, 0.3) is 0 Å². The van der Waals surface area contributed by atoms with Crippen LogP contribution in [0.2, 0.25) is 0 Å². The van der Waals surface area contributed by atoms with Gasteiger partial charge >= 0.3 is 6.09 Å². The maximum Gasteiger partial charge on any atom is 0.410 e. The minimum absolute atomic E-state index is 0.0173. The quantitative estimate of drug-likeness (QED) is 0.615. The lowest BCUT2D eigenvalue weighted by atomic mass is 9.88. The van der Waals surface area contributed by atoms with E-state index in [1.165, 1.54) is 4.90 Å². The number of carbonyl (C=O) groups excluding carboxylic acids is 2. The summed E-state index contributed by atoms with van der Waals surface area (Å²) in [7, 11) is 0. The number of rotatable bonds is 9. The molecule has 0 aromatic carbocycles. The first kappa shape index (κ1) is 23.7. The van der Waals surface area contributed by atoms with E-state index in [0.717, 1.165) is 0 Å². The Balaban J connectivity index is 4.60. The summed E-state index contributed by atoms with van der Waals surface area (Å²) in [6.07, 6.45) is -0.225. The van der Waals surface area contributed by atoms with E-state index < -0.39 is 11.7 Å². The van der Waals surface area contributed by atoms with Crippen LogP contribution in [0, 0.1) is 5.41 Å². The largest absolute Gasteiger partial charge is 0.444 e. The van der Waals surface area contributed by atoms with E-state index in [4.69, 9.17) is 15.2 Å². The van der Waals surface area contributed by atoms with E-state index in [-0.39, 0.29) is 30.3 Å². The third-order valence-corrected chi connectivity index (χ3v) is 3.70. The number of amides is 2. The third kappa shape index (κ3) is 11.8. The van der Waals surface area contributed by atoms with Gasteiger partial charge in [0, 0.05) is 32.1 Å². The summed E-state index contributed by atoms with van der Waals surface area (Å²) in [5.74, 6) is -0.0844. The van der Waals surface area contributed by atoms with Crippen LogP contribution >= 0.6 is 0 Å². The molecule has 0 saturated heterocycles. The number of carbonyl (C=O) groups is 2. The Bertz CT molecular complexity index is 414. The molecule has 148 valence electrons. The van der Waals surface area contributed by atoms with Crippen molar-refractivity contribution in [2.75, 3.05) is 32.8 Å². The maximum absolute atomic E-state index is 12.3. The van der Waals surface area contributed by atoms with Gasteiger partial charge in [-0.1, -0.05) is 20.8 Å². The van der Waals surface area contributed by atoms with Gasteiger partial charge in [0.05, 0.1) is 13.2 Å². The van der Waals surface area contributed by atoms with Gasteiger partial charge in [0.25, 0.3) is 0 Å². The smallest absolute Gasteiger partial charge is 0.410 e. The molecule has 0 rings (SSSR count). The highest BCUT2D eigenvalue weighted by atomic mass is 16.6. The van der Waals surface area contributed by atoms with Gasteiger partial charge in [0.15, 0.2) is 0 Å². The molecule has 3 N–H and O–H groups in total. The van der Waals surface area contributed by atoms with Crippen molar-refractivity contribution in [1.29, 1.82) is 0 Å². The molecule has 1 unspecified atom stereocenters. The average Bonchev–Trinajstić information content (AvgIpc) is 2.43. The summed E-state index contributed by atoms with van der Waals surface area (Å²) in [5, 5.41) is 2.97. The van der Waals surface area contributed by atoms with Crippen LogP contribution in [-0.2, 0) is 14.3 Å². The fraction of sp³-hybridized carbons (Fsp3) is 0.889. The summed E-state index contributed by atoms with van der Waals surface area (Å²) in [6.45, 7) is 15.5. The topological polar surface area (TPSA) is 93.9 Å². The van der Waals surface area contributed by atoms with Gasteiger partial charge in [0.2, 0.25) is 5.91 Å². The van der Waals surface area contributed by atoms with Gasteiger partial charge in [-0.15, -0.1) is 0 Å². The fourth-order valence-corrected chi connectivity index (χ4v) is 1.75. The minimum atomic E-state index is -0.587. The van der Waals surface area contributed by atoms with Crippen molar-refractivity contribution < 1.29 is 19.1 Å². The van der Waals surface area contributed by atoms with E-state index in [0.29, 0.717) is 26.3 Å². The van der Waals surface area contributed by atoms with Gasteiger partial charge in [-0.25, -0.2) is 4.79 Å². The first-order chi connectivity index (χ1) is 11.4. The SMILES string of the molecule is CC(NC(=O)CCN(CCOCCN)C(=O)OC(C)(C)C)C(C)(C)C. The zero-order valence-corrected chi connectivity index (χ0v) is 17.0. The van der Waals surface area contributed by atoms with Crippen LogP contribution in [0.15, 0.2) is 0 Å². The Morgan fingerprint density at radius 2 is 1.68 bits per heavy atom. The monoisotopic (exact) mass is 359 g/mol. The number of nitrogens with zero attached hydrogens (tertiary/aromatic N) is 1. The van der Waals surface area contributed by atoms with E-state index in [1.54, 1.807) is 0 Å². The fourth-order valence-electron chi connectivity index (χ4n) is 1.75. The van der Waals surface area contributed by atoms with Gasteiger partial charge in [0.1, 0.15) is 5.60 Å². The van der Waals surface area contributed by atoms with E-state index in [9.17, 15) is 9.59 Å². The first-order valence-corrected chi connectivity index (χ1v) is 8.92. The predicted molar refractivity (Wildman–Crippen MR) is 99.4 cm³/mol. The molecule has 2 amide bonds. The normalized spacial score (nSPS) is 13.3. The molecule has 25 heavy (non-hydrogen) atoms. The standard InChI is InChI=1S/C18H37N3O4/c1-14(17(2,3)4)20-15(22)8-10-21(11-13-24-12-9-19)16(23)25-18(5,6)7/h14H,8-13,19H2,1-7H3,(H,20,22). The van der Waals surface area contributed by atoms with Gasteiger partial charge in [-0.3, -0.25) is 4.79 Å². The molecule has 0 aromatic rings.